The van der Waals surface area contributed by atoms with Crippen LogP contribution in [0.2, 0.25) is 0 Å². The van der Waals surface area contributed by atoms with Gasteiger partial charge in [-0.05, 0) is 24.3 Å². The Morgan fingerprint density at radius 2 is 2.11 bits per heavy atom. The van der Waals surface area contributed by atoms with E-state index in [1.165, 1.54) is 18.9 Å². The van der Waals surface area contributed by atoms with Crippen molar-refractivity contribution in [2.24, 2.45) is 0 Å². The van der Waals surface area contributed by atoms with Crippen LogP contribution in [0.4, 0.5) is 5.69 Å². The zero-order valence-electron chi connectivity index (χ0n) is 10.2. The highest BCUT2D eigenvalue weighted by Crippen LogP contribution is 2.13. The van der Waals surface area contributed by atoms with Crippen molar-refractivity contribution >= 4 is 23.4 Å². The summed E-state index contributed by atoms with van der Waals surface area (Å²) in [5, 5.41) is 9.63. The molecule has 0 saturated carbocycles. The Labute approximate surface area is 110 Å². The van der Waals surface area contributed by atoms with Gasteiger partial charge in [-0.1, -0.05) is 0 Å². The molecule has 0 aliphatic heterocycles. The average Bonchev–Trinajstić information content (AvgIpc) is 2.38. The van der Waals surface area contributed by atoms with Crippen molar-refractivity contribution < 1.29 is 19.4 Å². The first-order valence-corrected chi connectivity index (χ1v) is 6.58. The van der Waals surface area contributed by atoms with E-state index in [0.29, 0.717) is 17.2 Å². The highest BCUT2D eigenvalue weighted by Gasteiger charge is 2.07. The molecule has 1 aromatic carbocycles. The SMILES string of the molecule is COC(=O)CSCC(O)COc1ccc(N)cc1. The molecule has 0 fully saturated rings. The third-order valence-corrected chi connectivity index (χ3v) is 3.14. The molecule has 0 bridgehead atoms. The molecule has 1 unspecified atom stereocenters. The van der Waals surface area contributed by atoms with Gasteiger partial charge in [0.05, 0.1) is 19.0 Å². The second kappa shape index (κ2) is 7.84. The number of nitrogen functional groups attached to an aromatic ring is 1. The lowest BCUT2D eigenvalue weighted by molar-refractivity contribution is -0.137. The lowest BCUT2D eigenvalue weighted by Crippen LogP contribution is -2.21. The number of rotatable bonds is 7. The van der Waals surface area contributed by atoms with E-state index in [1.807, 2.05) is 0 Å². The van der Waals surface area contributed by atoms with Gasteiger partial charge in [0, 0.05) is 11.4 Å². The van der Waals surface area contributed by atoms with E-state index in [-0.39, 0.29) is 18.3 Å². The normalized spacial score (nSPS) is 11.9. The van der Waals surface area contributed by atoms with E-state index >= 15 is 0 Å². The van der Waals surface area contributed by atoms with E-state index in [2.05, 4.69) is 4.74 Å². The van der Waals surface area contributed by atoms with Crippen molar-refractivity contribution in [1.29, 1.82) is 0 Å². The van der Waals surface area contributed by atoms with Gasteiger partial charge in [0.2, 0.25) is 0 Å². The van der Waals surface area contributed by atoms with Gasteiger partial charge in [-0.2, -0.15) is 0 Å². The topological polar surface area (TPSA) is 81.8 Å². The number of aliphatic hydroxyl groups excluding tert-OH is 1. The van der Waals surface area contributed by atoms with Crippen LogP contribution in [0.1, 0.15) is 0 Å². The van der Waals surface area contributed by atoms with Crippen molar-refractivity contribution in [1.82, 2.24) is 0 Å². The maximum absolute atomic E-state index is 10.8. The molecule has 0 aromatic heterocycles. The second-order valence-corrected chi connectivity index (χ2v) is 4.66. The molecule has 3 N–H and O–H groups in total. The van der Waals surface area contributed by atoms with E-state index < -0.39 is 6.10 Å². The quantitative estimate of drug-likeness (QED) is 0.567. The Balaban J connectivity index is 2.18. The molecular weight excluding hydrogens is 254 g/mol. The summed E-state index contributed by atoms with van der Waals surface area (Å²) in [6.45, 7) is 0.179. The molecule has 0 saturated heterocycles. The summed E-state index contributed by atoms with van der Waals surface area (Å²) in [6, 6.07) is 6.94. The minimum Gasteiger partial charge on any atom is -0.491 e. The Morgan fingerprint density at radius 3 is 2.72 bits per heavy atom. The Bertz CT molecular complexity index is 369. The first-order chi connectivity index (χ1) is 8.61. The number of aliphatic hydroxyl groups is 1. The molecular formula is C12H17NO4S. The fourth-order valence-electron chi connectivity index (χ4n) is 1.14. The summed E-state index contributed by atoms with van der Waals surface area (Å²) >= 11 is 1.31. The summed E-state index contributed by atoms with van der Waals surface area (Å²) in [7, 11) is 1.34. The number of carbonyl (C=O) groups excluding carboxylic acids is 1. The van der Waals surface area contributed by atoms with Crippen LogP contribution in [0.25, 0.3) is 0 Å². The molecule has 100 valence electrons. The van der Waals surface area contributed by atoms with Crippen molar-refractivity contribution in [3.8, 4) is 5.75 Å². The highest BCUT2D eigenvalue weighted by atomic mass is 32.2. The smallest absolute Gasteiger partial charge is 0.315 e. The lowest BCUT2D eigenvalue weighted by Gasteiger charge is -2.11. The highest BCUT2D eigenvalue weighted by molar-refractivity contribution is 7.99. The zero-order valence-corrected chi connectivity index (χ0v) is 11.0. The van der Waals surface area contributed by atoms with Gasteiger partial charge in [0.1, 0.15) is 12.4 Å². The van der Waals surface area contributed by atoms with Gasteiger partial charge in [0.25, 0.3) is 0 Å². The number of methoxy groups -OCH3 is 1. The molecule has 18 heavy (non-hydrogen) atoms. The van der Waals surface area contributed by atoms with Crippen LogP contribution < -0.4 is 10.5 Å². The summed E-state index contributed by atoms with van der Waals surface area (Å²) < 4.78 is 9.86. The molecule has 5 nitrogen and oxygen atoms in total. The lowest BCUT2D eigenvalue weighted by atomic mass is 10.3. The maximum atomic E-state index is 10.8. The van der Waals surface area contributed by atoms with E-state index in [9.17, 15) is 9.90 Å². The number of thioether (sulfide) groups is 1. The molecule has 1 aromatic rings. The average molecular weight is 271 g/mol. The monoisotopic (exact) mass is 271 g/mol. The van der Waals surface area contributed by atoms with Gasteiger partial charge < -0.3 is 20.3 Å². The number of nitrogens with two attached hydrogens (primary N) is 1. The third kappa shape index (κ3) is 5.79. The van der Waals surface area contributed by atoms with Crippen LogP contribution in [0, 0.1) is 0 Å². The van der Waals surface area contributed by atoms with Gasteiger partial charge in [-0.25, -0.2) is 0 Å². The number of benzene rings is 1. The zero-order chi connectivity index (χ0) is 13.4. The molecule has 0 aliphatic carbocycles. The first kappa shape index (κ1) is 14.7. The summed E-state index contributed by atoms with van der Waals surface area (Å²) in [6.07, 6.45) is -0.628. The summed E-state index contributed by atoms with van der Waals surface area (Å²) in [5.74, 6) is 1.01. The fourth-order valence-corrected chi connectivity index (χ4v) is 1.91. The maximum Gasteiger partial charge on any atom is 0.315 e. The van der Waals surface area contributed by atoms with Gasteiger partial charge in [-0.15, -0.1) is 11.8 Å². The molecule has 0 radical (unpaired) electrons. The number of anilines is 1. The van der Waals surface area contributed by atoms with Crippen molar-refractivity contribution in [2.75, 3.05) is 31.0 Å². The molecule has 0 spiro atoms. The minimum absolute atomic E-state index is 0.179. The molecule has 6 heteroatoms. The molecule has 1 atom stereocenters. The van der Waals surface area contributed by atoms with E-state index in [4.69, 9.17) is 10.5 Å². The van der Waals surface area contributed by atoms with Crippen LogP contribution in [0.3, 0.4) is 0 Å². The first-order valence-electron chi connectivity index (χ1n) is 5.42. The van der Waals surface area contributed by atoms with Crippen molar-refractivity contribution in [3.63, 3.8) is 0 Å². The van der Waals surface area contributed by atoms with Crippen molar-refractivity contribution in [2.45, 2.75) is 6.10 Å². The van der Waals surface area contributed by atoms with Crippen LogP contribution >= 0.6 is 11.8 Å². The fraction of sp³-hybridized carbons (Fsp3) is 0.417. The number of esters is 1. The third-order valence-electron chi connectivity index (χ3n) is 2.08. The number of carbonyl (C=O) groups is 1. The molecule has 0 aliphatic rings. The summed E-state index contributed by atoms with van der Waals surface area (Å²) in [4.78, 5) is 10.8. The van der Waals surface area contributed by atoms with Crippen LogP contribution in [0.15, 0.2) is 24.3 Å². The Kier molecular flexibility index (Phi) is 6.38. The van der Waals surface area contributed by atoms with Gasteiger partial charge in [0.15, 0.2) is 0 Å². The number of hydrogen-bond acceptors (Lipinski definition) is 6. The Hall–Kier alpha value is -1.40. The predicted molar refractivity (Wildman–Crippen MR) is 71.7 cm³/mol. The molecule has 0 amide bonds. The molecule has 0 heterocycles. The van der Waals surface area contributed by atoms with E-state index in [1.54, 1.807) is 24.3 Å². The minimum atomic E-state index is -0.628. The van der Waals surface area contributed by atoms with Crippen LogP contribution in [0.5, 0.6) is 5.75 Å². The summed E-state index contributed by atoms with van der Waals surface area (Å²) in [5.41, 5.74) is 6.20. The number of hydrogen-bond donors (Lipinski definition) is 2. The Morgan fingerprint density at radius 1 is 1.44 bits per heavy atom. The van der Waals surface area contributed by atoms with Gasteiger partial charge in [-0.3, -0.25) is 4.79 Å². The van der Waals surface area contributed by atoms with E-state index in [0.717, 1.165) is 0 Å². The number of ether oxygens (including phenoxy) is 2. The standard InChI is InChI=1S/C12H17NO4S/c1-16-12(15)8-18-7-10(14)6-17-11-4-2-9(13)3-5-11/h2-5,10,14H,6-8,13H2,1H3. The van der Waals surface area contributed by atoms with Gasteiger partial charge >= 0.3 is 5.97 Å². The second-order valence-electron chi connectivity index (χ2n) is 3.63. The predicted octanol–water partition coefficient (Wildman–Crippen LogP) is 0.915. The van der Waals surface area contributed by atoms with Crippen LogP contribution in [-0.2, 0) is 9.53 Å². The molecule has 1 rings (SSSR count). The van der Waals surface area contributed by atoms with Crippen molar-refractivity contribution in [3.05, 3.63) is 24.3 Å². The van der Waals surface area contributed by atoms with Crippen LogP contribution in [-0.4, -0.2) is 42.4 Å². The largest absolute Gasteiger partial charge is 0.491 e.